The third-order valence-electron chi connectivity index (χ3n) is 3.67. The zero-order valence-corrected chi connectivity index (χ0v) is 14.3. The van der Waals surface area contributed by atoms with Gasteiger partial charge in [0.05, 0.1) is 6.10 Å². The van der Waals surface area contributed by atoms with Gasteiger partial charge in [-0.15, -0.1) is 0 Å². The van der Waals surface area contributed by atoms with Crippen molar-refractivity contribution in [2.75, 3.05) is 45.7 Å². The molecule has 1 atom stereocenters. The van der Waals surface area contributed by atoms with E-state index in [1.54, 1.807) is 13.0 Å². The molecule has 0 aromatic carbocycles. The molecule has 2 rings (SSSR count). The van der Waals surface area contributed by atoms with Crippen LogP contribution in [0.15, 0.2) is 6.07 Å². The zero-order chi connectivity index (χ0) is 16.7. The second-order valence-electron chi connectivity index (χ2n) is 6.11. The SMILES string of the molecule is Cc1nc(NCC2CCCO2)cc(C(=O)NCCCN(C)C)n1. The number of aryl methyl sites for hydroxylation is 1. The number of amides is 1. The maximum absolute atomic E-state index is 12.2. The molecule has 0 radical (unpaired) electrons. The van der Waals surface area contributed by atoms with E-state index < -0.39 is 0 Å². The topological polar surface area (TPSA) is 79.4 Å². The van der Waals surface area contributed by atoms with Crippen LogP contribution >= 0.6 is 0 Å². The highest BCUT2D eigenvalue weighted by molar-refractivity contribution is 5.92. The Kier molecular flexibility index (Phi) is 6.73. The molecule has 0 bridgehead atoms. The number of ether oxygens (including phenoxy) is 1. The summed E-state index contributed by atoms with van der Waals surface area (Å²) in [7, 11) is 4.03. The standard InChI is InChI=1S/C16H27N5O2/c1-12-19-14(16(22)17-7-5-8-21(2)3)10-15(20-12)18-11-13-6-4-9-23-13/h10,13H,4-9,11H2,1-3H3,(H,17,22)(H,18,19,20). The lowest BCUT2D eigenvalue weighted by molar-refractivity contribution is 0.0947. The number of hydrogen-bond donors (Lipinski definition) is 2. The lowest BCUT2D eigenvalue weighted by atomic mass is 10.2. The zero-order valence-electron chi connectivity index (χ0n) is 14.3. The quantitative estimate of drug-likeness (QED) is 0.697. The number of nitrogens with one attached hydrogen (secondary N) is 2. The van der Waals surface area contributed by atoms with Gasteiger partial charge in [0.1, 0.15) is 17.3 Å². The Morgan fingerprint density at radius 3 is 2.96 bits per heavy atom. The summed E-state index contributed by atoms with van der Waals surface area (Å²) < 4.78 is 5.58. The Hall–Kier alpha value is -1.73. The highest BCUT2D eigenvalue weighted by Gasteiger charge is 2.16. The van der Waals surface area contributed by atoms with E-state index in [-0.39, 0.29) is 12.0 Å². The minimum absolute atomic E-state index is 0.158. The molecule has 1 unspecified atom stereocenters. The van der Waals surface area contributed by atoms with Crippen molar-refractivity contribution in [3.8, 4) is 0 Å². The first-order chi connectivity index (χ1) is 11.0. The van der Waals surface area contributed by atoms with Crippen molar-refractivity contribution >= 4 is 11.7 Å². The fraction of sp³-hybridized carbons (Fsp3) is 0.688. The van der Waals surface area contributed by atoms with E-state index in [0.717, 1.165) is 32.4 Å². The van der Waals surface area contributed by atoms with Gasteiger partial charge in [0.15, 0.2) is 0 Å². The molecule has 1 aromatic heterocycles. The molecule has 1 saturated heterocycles. The van der Waals surface area contributed by atoms with Crippen LogP contribution in [-0.4, -0.2) is 67.2 Å². The van der Waals surface area contributed by atoms with Crippen molar-refractivity contribution in [1.29, 1.82) is 0 Å². The van der Waals surface area contributed by atoms with E-state index in [1.165, 1.54) is 0 Å². The summed E-state index contributed by atoms with van der Waals surface area (Å²) in [5.74, 6) is 1.10. The maximum atomic E-state index is 12.2. The van der Waals surface area contributed by atoms with Gasteiger partial charge < -0.3 is 20.3 Å². The largest absolute Gasteiger partial charge is 0.376 e. The van der Waals surface area contributed by atoms with Crippen LogP contribution in [0.2, 0.25) is 0 Å². The third-order valence-corrected chi connectivity index (χ3v) is 3.67. The molecule has 1 amide bonds. The summed E-state index contributed by atoms with van der Waals surface area (Å²) in [5, 5.41) is 6.14. The lowest BCUT2D eigenvalue weighted by Crippen LogP contribution is -2.28. The Labute approximate surface area is 137 Å². The number of carbonyl (C=O) groups is 1. The summed E-state index contributed by atoms with van der Waals surface area (Å²) in [4.78, 5) is 22.8. The Morgan fingerprint density at radius 2 is 2.26 bits per heavy atom. The summed E-state index contributed by atoms with van der Waals surface area (Å²) in [6.07, 6.45) is 3.31. The first-order valence-corrected chi connectivity index (χ1v) is 8.18. The normalized spacial score (nSPS) is 17.5. The minimum atomic E-state index is -0.158. The molecule has 1 fully saturated rings. The number of rotatable bonds is 8. The van der Waals surface area contributed by atoms with Crippen LogP contribution in [0.3, 0.4) is 0 Å². The van der Waals surface area contributed by atoms with Gasteiger partial charge in [-0.3, -0.25) is 4.79 Å². The van der Waals surface area contributed by atoms with Crippen LogP contribution in [0, 0.1) is 6.92 Å². The van der Waals surface area contributed by atoms with Gasteiger partial charge in [-0.2, -0.15) is 0 Å². The summed E-state index contributed by atoms with van der Waals surface area (Å²) in [6.45, 7) is 4.91. The molecular formula is C16H27N5O2. The second kappa shape index (κ2) is 8.79. The number of anilines is 1. The lowest BCUT2D eigenvalue weighted by Gasteiger charge is -2.13. The molecule has 1 aliphatic heterocycles. The van der Waals surface area contributed by atoms with Gasteiger partial charge in [0.2, 0.25) is 0 Å². The number of carbonyl (C=O) groups excluding carboxylic acids is 1. The first-order valence-electron chi connectivity index (χ1n) is 8.18. The fourth-order valence-corrected chi connectivity index (χ4v) is 2.49. The average Bonchev–Trinajstić information content (AvgIpc) is 3.02. The molecule has 23 heavy (non-hydrogen) atoms. The highest BCUT2D eigenvalue weighted by atomic mass is 16.5. The van der Waals surface area contributed by atoms with Gasteiger partial charge >= 0.3 is 0 Å². The molecule has 1 aromatic rings. The summed E-state index contributed by atoms with van der Waals surface area (Å²) >= 11 is 0. The van der Waals surface area contributed by atoms with Gasteiger partial charge in [0.25, 0.3) is 5.91 Å². The molecule has 0 aliphatic carbocycles. The fourth-order valence-electron chi connectivity index (χ4n) is 2.49. The van der Waals surface area contributed by atoms with Crippen LogP contribution < -0.4 is 10.6 Å². The van der Waals surface area contributed by atoms with E-state index in [4.69, 9.17) is 4.74 Å². The molecule has 0 saturated carbocycles. The van der Waals surface area contributed by atoms with E-state index >= 15 is 0 Å². The van der Waals surface area contributed by atoms with E-state index in [1.807, 2.05) is 14.1 Å². The molecule has 1 aliphatic rings. The van der Waals surface area contributed by atoms with Crippen LogP contribution in [0.5, 0.6) is 0 Å². The number of nitrogens with zero attached hydrogens (tertiary/aromatic N) is 3. The molecule has 2 N–H and O–H groups in total. The van der Waals surface area contributed by atoms with Crippen LogP contribution in [0.25, 0.3) is 0 Å². The van der Waals surface area contributed by atoms with E-state index in [2.05, 4.69) is 25.5 Å². The van der Waals surface area contributed by atoms with Crippen LogP contribution in [-0.2, 0) is 4.74 Å². The molecule has 2 heterocycles. The Morgan fingerprint density at radius 1 is 1.43 bits per heavy atom. The third kappa shape index (κ3) is 6.11. The monoisotopic (exact) mass is 321 g/mol. The smallest absolute Gasteiger partial charge is 0.270 e. The molecule has 7 nitrogen and oxygen atoms in total. The predicted molar refractivity (Wildman–Crippen MR) is 89.7 cm³/mol. The van der Waals surface area contributed by atoms with Crippen molar-refractivity contribution < 1.29 is 9.53 Å². The summed E-state index contributed by atoms with van der Waals surface area (Å²) in [6, 6.07) is 1.70. The van der Waals surface area contributed by atoms with Gasteiger partial charge in [0, 0.05) is 25.8 Å². The summed E-state index contributed by atoms with van der Waals surface area (Å²) in [5.41, 5.74) is 0.400. The Balaban J connectivity index is 1.86. The van der Waals surface area contributed by atoms with E-state index in [9.17, 15) is 4.79 Å². The Bertz CT molecular complexity index is 515. The predicted octanol–water partition coefficient (Wildman–Crippen LogP) is 1.06. The van der Waals surface area contributed by atoms with Crippen molar-refractivity contribution in [2.45, 2.75) is 32.3 Å². The molecule has 128 valence electrons. The van der Waals surface area contributed by atoms with Crippen molar-refractivity contribution in [2.24, 2.45) is 0 Å². The van der Waals surface area contributed by atoms with Gasteiger partial charge in [-0.05, 0) is 46.8 Å². The first kappa shape index (κ1) is 17.6. The molecule has 7 heteroatoms. The average molecular weight is 321 g/mol. The molecule has 0 spiro atoms. The van der Waals surface area contributed by atoms with Gasteiger partial charge in [-0.25, -0.2) is 9.97 Å². The molecular weight excluding hydrogens is 294 g/mol. The van der Waals surface area contributed by atoms with Crippen LogP contribution in [0.1, 0.15) is 35.6 Å². The van der Waals surface area contributed by atoms with Crippen molar-refractivity contribution in [3.63, 3.8) is 0 Å². The van der Waals surface area contributed by atoms with Crippen LogP contribution in [0.4, 0.5) is 5.82 Å². The highest BCUT2D eigenvalue weighted by Crippen LogP contribution is 2.13. The van der Waals surface area contributed by atoms with Crippen molar-refractivity contribution in [1.82, 2.24) is 20.2 Å². The number of aromatic nitrogens is 2. The van der Waals surface area contributed by atoms with E-state index in [0.29, 0.717) is 30.4 Å². The number of hydrogen-bond acceptors (Lipinski definition) is 6. The second-order valence-corrected chi connectivity index (χ2v) is 6.11. The maximum Gasteiger partial charge on any atom is 0.270 e. The van der Waals surface area contributed by atoms with Crippen molar-refractivity contribution in [3.05, 3.63) is 17.6 Å². The minimum Gasteiger partial charge on any atom is -0.376 e. The van der Waals surface area contributed by atoms with Gasteiger partial charge in [-0.1, -0.05) is 0 Å².